The van der Waals surface area contributed by atoms with E-state index in [4.69, 9.17) is 4.74 Å². The van der Waals surface area contributed by atoms with Crippen LogP contribution < -0.4 is 21.0 Å². The van der Waals surface area contributed by atoms with Gasteiger partial charge in [0.05, 0.1) is 0 Å². The summed E-state index contributed by atoms with van der Waals surface area (Å²) < 4.78 is 22.3. The summed E-state index contributed by atoms with van der Waals surface area (Å²) in [5.41, 5.74) is 0.529. The van der Waals surface area contributed by atoms with Gasteiger partial charge in [-0.05, 0) is 36.1 Å². The molecule has 0 saturated heterocycles. The number of benzene rings is 2. The van der Waals surface area contributed by atoms with E-state index in [-0.39, 0.29) is 47.4 Å². The molecule has 0 bridgehead atoms. The van der Waals surface area contributed by atoms with Crippen LogP contribution in [0.5, 0.6) is 5.75 Å². The molecular weight excluding hydrogens is 473 g/mol. The number of rotatable bonds is 7. The van der Waals surface area contributed by atoms with E-state index in [0.717, 1.165) is 37.7 Å². The molecule has 4 aromatic rings. The number of nitrogens with zero attached hydrogens (tertiary/aromatic N) is 2. The first-order valence-corrected chi connectivity index (χ1v) is 12.5. The molecule has 37 heavy (non-hydrogen) atoms. The number of aromatic nitrogens is 2. The van der Waals surface area contributed by atoms with Crippen molar-refractivity contribution in [2.24, 2.45) is 0 Å². The van der Waals surface area contributed by atoms with Crippen LogP contribution in [0, 0.1) is 5.82 Å². The first-order chi connectivity index (χ1) is 18.0. The summed E-state index contributed by atoms with van der Waals surface area (Å²) >= 11 is 0. The normalized spacial score (nSPS) is 14.0. The SMILES string of the molecule is O=C(NCc1ccc(F)cc1)c1cn2ccn(C3CCCCC3)c(=O)c2c(OCc2ccccc2)c1=O. The molecule has 0 radical (unpaired) electrons. The highest BCUT2D eigenvalue weighted by Gasteiger charge is 2.23. The second kappa shape index (κ2) is 10.8. The number of pyridine rings is 1. The topological polar surface area (TPSA) is 81.8 Å². The largest absolute Gasteiger partial charge is 0.483 e. The second-order valence-electron chi connectivity index (χ2n) is 9.34. The summed E-state index contributed by atoms with van der Waals surface area (Å²) in [6.07, 6.45) is 9.86. The maximum absolute atomic E-state index is 13.6. The molecule has 190 valence electrons. The van der Waals surface area contributed by atoms with Crippen molar-refractivity contribution in [1.82, 2.24) is 14.3 Å². The fourth-order valence-electron chi connectivity index (χ4n) is 4.82. The Kier molecular flexibility index (Phi) is 7.16. The zero-order valence-electron chi connectivity index (χ0n) is 20.4. The molecule has 1 saturated carbocycles. The van der Waals surface area contributed by atoms with E-state index in [0.29, 0.717) is 5.56 Å². The number of halogens is 1. The fraction of sp³-hybridized carbons (Fsp3) is 0.276. The number of nitrogens with one attached hydrogen (secondary N) is 1. The number of fused-ring (bicyclic) bond motifs is 1. The molecule has 0 atom stereocenters. The van der Waals surface area contributed by atoms with Gasteiger partial charge in [-0.2, -0.15) is 0 Å². The lowest BCUT2D eigenvalue weighted by atomic mass is 9.95. The highest BCUT2D eigenvalue weighted by molar-refractivity contribution is 5.94. The monoisotopic (exact) mass is 501 g/mol. The Labute approximate surface area is 213 Å². The van der Waals surface area contributed by atoms with E-state index in [1.165, 1.54) is 22.7 Å². The molecule has 8 heteroatoms. The second-order valence-corrected chi connectivity index (χ2v) is 9.34. The smallest absolute Gasteiger partial charge is 0.279 e. The van der Waals surface area contributed by atoms with Gasteiger partial charge in [-0.25, -0.2) is 4.39 Å². The van der Waals surface area contributed by atoms with Crippen LogP contribution in [-0.4, -0.2) is 14.9 Å². The van der Waals surface area contributed by atoms with Gasteiger partial charge in [0.2, 0.25) is 5.43 Å². The minimum Gasteiger partial charge on any atom is -0.483 e. The molecule has 0 spiro atoms. The maximum atomic E-state index is 13.6. The van der Waals surface area contributed by atoms with Gasteiger partial charge < -0.3 is 19.0 Å². The zero-order valence-corrected chi connectivity index (χ0v) is 20.4. The minimum absolute atomic E-state index is 0.0713. The molecule has 2 heterocycles. The van der Waals surface area contributed by atoms with Crippen molar-refractivity contribution in [3.8, 4) is 5.75 Å². The van der Waals surface area contributed by atoms with Gasteiger partial charge in [0.25, 0.3) is 11.5 Å². The van der Waals surface area contributed by atoms with Gasteiger partial charge in [0.1, 0.15) is 18.0 Å². The van der Waals surface area contributed by atoms with Gasteiger partial charge >= 0.3 is 0 Å². The van der Waals surface area contributed by atoms with Gasteiger partial charge in [0.15, 0.2) is 11.3 Å². The summed E-state index contributed by atoms with van der Waals surface area (Å²) in [5.74, 6) is -1.12. The van der Waals surface area contributed by atoms with Crippen LogP contribution in [0.3, 0.4) is 0 Å². The van der Waals surface area contributed by atoms with Crippen LogP contribution in [-0.2, 0) is 13.2 Å². The van der Waals surface area contributed by atoms with E-state index < -0.39 is 11.3 Å². The number of ether oxygens (including phenoxy) is 1. The lowest BCUT2D eigenvalue weighted by Gasteiger charge is -2.24. The molecular formula is C29H28FN3O4. The van der Waals surface area contributed by atoms with Crippen LogP contribution in [0.2, 0.25) is 0 Å². The Bertz CT molecular complexity index is 1520. The standard InChI is InChI=1S/C29H28FN3O4/c30-22-13-11-20(12-14-22)17-31-28(35)24-18-32-15-16-33(23-9-5-2-6-10-23)29(36)25(32)27(26(24)34)37-19-21-7-3-1-4-8-21/h1,3-4,7-8,11-16,18,23H,2,5-6,9-10,17,19H2,(H,31,35). The summed E-state index contributed by atoms with van der Waals surface area (Å²) in [6.45, 7) is 0.189. The predicted octanol–water partition coefficient (Wildman–Crippen LogP) is 4.61. The van der Waals surface area contributed by atoms with Crippen molar-refractivity contribution in [2.75, 3.05) is 0 Å². The number of carbonyl (C=O) groups excluding carboxylic acids is 1. The molecule has 1 aliphatic carbocycles. The van der Waals surface area contributed by atoms with Crippen molar-refractivity contribution >= 4 is 11.4 Å². The third-order valence-electron chi connectivity index (χ3n) is 6.82. The zero-order chi connectivity index (χ0) is 25.8. The highest BCUT2D eigenvalue weighted by atomic mass is 19.1. The molecule has 1 fully saturated rings. The number of amides is 1. The van der Waals surface area contributed by atoms with E-state index >= 15 is 0 Å². The van der Waals surface area contributed by atoms with E-state index in [1.807, 2.05) is 30.3 Å². The molecule has 1 amide bonds. The number of carbonyl (C=O) groups is 1. The average Bonchev–Trinajstić information content (AvgIpc) is 2.93. The summed E-state index contributed by atoms with van der Waals surface area (Å²) in [5, 5.41) is 2.71. The van der Waals surface area contributed by atoms with Crippen molar-refractivity contribution in [3.63, 3.8) is 0 Å². The molecule has 7 nitrogen and oxygen atoms in total. The summed E-state index contributed by atoms with van der Waals surface area (Å²) in [4.78, 5) is 40.2. The van der Waals surface area contributed by atoms with E-state index in [2.05, 4.69) is 5.32 Å². The minimum atomic E-state index is -0.647. The van der Waals surface area contributed by atoms with Crippen LogP contribution in [0.15, 0.2) is 82.8 Å². The average molecular weight is 502 g/mol. The van der Waals surface area contributed by atoms with Crippen molar-refractivity contribution < 1.29 is 13.9 Å². The Morgan fingerprint density at radius 1 is 0.946 bits per heavy atom. The van der Waals surface area contributed by atoms with Gasteiger partial charge in [-0.3, -0.25) is 14.4 Å². The van der Waals surface area contributed by atoms with E-state index in [9.17, 15) is 18.8 Å². The quantitative estimate of drug-likeness (QED) is 0.401. The molecule has 1 aliphatic rings. The lowest BCUT2D eigenvalue weighted by Crippen LogP contribution is -2.33. The Hall–Kier alpha value is -4.20. The van der Waals surface area contributed by atoms with Crippen LogP contribution in [0.4, 0.5) is 4.39 Å². The van der Waals surface area contributed by atoms with Gasteiger partial charge in [0, 0.05) is 31.2 Å². The Morgan fingerprint density at radius 2 is 1.68 bits per heavy atom. The van der Waals surface area contributed by atoms with Crippen molar-refractivity contribution in [3.05, 3.63) is 116 Å². The molecule has 5 rings (SSSR count). The maximum Gasteiger partial charge on any atom is 0.279 e. The van der Waals surface area contributed by atoms with Crippen molar-refractivity contribution in [1.29, 1.82) is 0 Å². The third kappa shape index (κ3) is 5.33. The number of hydrogen-bond donors (Lipinski definition) is 1. The first kappa shape index (κ1) is 24.5. The molecule has 0 unspecified atom stereocenters. The molecule has 2 aromatic heterocycles. The van der Waals surface area contributed by atoms with E-state index in [1.54, 1.807) is 29.1 Å². The predicted molar refractivity (Wildman–Crippen MR) is 138 cm³/mol. The molecule has 0 aliphatic heterocycles. The van der Waals surface area contributed by atoms with Crippen LogP contribution >= 0.6 is 0 Å². The first-order valence-electron chi connectivity index (χ1n) is 12.5. The molecule has 1 N–H and O–H groups in total. The lowest BCUT2D eigenvalue weighted by molar-refractivity contribution is 0.0948. The summed E-state index contributed by atoms with van der Waals surface area (Å²) in [6, 6.07) is 15.1. The Balaban J connectivity index is 1.54. The summed E-state index contributed by atoms with van der Waals surface area (Å²) in [7, 11) is 0. The van der Waals surface area contributed by atoms with Crippen molar-refractivity contribution in [2.45, 2.75) is 51.3 Å². The third-order valence-corrected chi connectivity index (χ3v) is 6.82. The van der Waals surface area contributed by atoms with Gasteiger partial charge in [-0.1, -0.05) is 61.7 Å². The number of hydrogen-bond acceptors (Lipinski definition) is 4. The van der Waals surface area contributed by atoms with Crippen LogP contribution in [0.1, 0.15) is 59.6 Å². The van der Waals surface area contributed by atoms with Crippen LogP contribution in [0.25, 0.3) is 5.52 Å². The van der Waals surface area contributed by atoms with Gasteiger partial charge in [-0.15, -0.1) is 0 Å². The molecule has 2 aromatic carbocycles. The highest BCUT2D eigenvalue weighted by Crippen LogP contribution is 2.27. The Morgan fingerprint density at radius 3 is 2.41 bits per heavy atom. The fourth-order valence-corrected chi connectivity index (χ4v) is 4.82.